The number of benzene rings is 5. The van der Waals surface area contributed by atoms with Crippen LogP contribution in [-0.4, -0.2) is 11.7 Å². The summed E-state index contributed by atoms with van der Waals surface area (Å²) in [6.07, 6.45) is 0. The van der Waals surface area contributed by atoms with Crippen molar-refractivity contribution in [2.24, 2.45) is 0 Å². The first-order chi connectivity index (χ1) is 17.8. The van der Waals surface area contributed by atoms with Crippen LogP contribution in [0, 0.1) is 0 Å². The number of pyridine rings is 1. The van der Waals surface area contributed by atoms with E-state index < -0.39 is 0 Å². The van der Waals surface area contributed by atoms with Crippen LogP contribution in [0.5, 0.6) is 34.5 Å². The van der Waals surface area contributed by atoms with Crippen LogP contribution in [0.1, 0.15) is 0 Å². The Hall–Kier alpha value is -4.77. The summed E-state index contributed by atoms with van der Waals surface area (Å²) in [4.78, 5) is 4.84. The van der Waals surface area contributed by atoms with Crippen LogP contribution in [0.4, 0.5) is 0 Å². The second-order valence-corrected chi connectivity index (χ2v) is 9.55. The minimum Gasteiger partial charge on any atom is -0.458 e. The predicted molar refractivity (Wildman–Crippen MR) is 142 cm³/mol. The molecule has 0 saturated heterocycles. The lowest BCUT2D eigenvalue weighted by molar-refractivity contribution is 0.443. The summed E-state index contributed by atoms with van der Waals surface area (Å²) < 4.78 is 19.2. The second-order valence-electron chi connectivity index (χ2n) is 9.55. The molecule has 3 aliphatic heterocycles. The van der Waals surface area contributed by atoms with E-state index in [2.05, 4.69) is 48.5 Å². The number of fused-ring (bicyclic) bond motifs is 2. The standard InChI is InChI=1S/C31H16BNO3/c1-2-6-21-18(5-1)14-20-13-17(11-12-22(20)33-21)19-15-27-31-28(16-19)36-26-10-4-8-24-30(26)32(31)29-23(34-24)7-3-9-25(29)35-27/h1-16H. The van der Waals surface area contributed by atoms with Crippen LogP contribution < -0.4 is 30.6 Å². The van der Waals surface area contributed by atoms with Crippen molar-refractivity contribution in [2.75, 3.05) is 0 Å². The zero-order valence-electron chi connectivity index (χ0n) is 19.0. The predicted octanol–water partition coefficient (Wildman–Crippen LogP) is 5.89. The summed E-state index contributed by atoms with van der Waals surface area (Å²) in [5.41, 5.74) is 7.34. The summed E-state index contributed by atoms with van der Waals surface area (Å²) in [7, 11) is 0. The highest BCUT2D eigenvalue weighted by atomic mass is 16.5. The Morgan fingerprint density at radius 2 is 1.03 bits per heavy atom. The van der Waals surface area contributed by atoms with E-state index in [1.54, 1.807) is 0 Å². The van der Waals surface area contributed by atoms with Crippen LogP contribution in [0.15, 0.2) is 97.1 Å². The van der Waals surface area contributed by atoms with Gasteiger partial charge in [0, 0.05) is 27.2 Å². The Kier molecular flexibility index (Phi) is 3.33. The van der Waals surface area contributed by atoms with Crippen LogP contribution >= 0.6 is 0 Å². The molecular weight excluding hydrogens is 445 g/mol. The molecule has 0 radical (unpaired) electrons. The summed E-state index contributed by atoms with van der Waals surface area (Å²) in [5.74, 6) is 5.03. The molecule has 6 aromatic rings. The number of ether oxygens (including phenoxy) is 3. The maximum atomic E-state index is 6.48. The van der Waals surface area contributed by atoms with E-state index >= 15 is 0 Å². The number of rotatable bonds is 1. The highest BCUT2D eigenvalue weighted by Gasteiger charge is 2.46. The summed E-state index contributed by atoms with van der Waals surface area (Å²) in [6, 6.07) is 33.1. The highest BCUT2D eigenvalue weighted by molar-refractivity contribution is 6.99. The van der Waals surface area contributed by atoms with E-state index in [1.165, 1.54) is 0 Å². The Morgan fingerprint density at radius 1 is 0.444 bits per heavy atom. The van der Waals surface area contributed by atoms with E-state index in [9.17, 15) is 0 Å². The largest absolute Gasteiger partial charge is 0.458 e. The number of para-hydroxylation sites is 1. The third kappa shape index (κ3) is 2.37. The van der Waals surface area contributed by atoms with Gasteiger partial charge in [-0.3, -0.25) is 0 Å². The third-order valence-electron chi connectivity index (χ3n) is 7.53. The van der Waals surface area contributed by atoms with Crippen molar-refractivity contribution in [2.45, 2.75) is 0 Å². The first-order valence-corrected chi connectivity index (χ1v) is 12.1. The molecule has 36 heavy (non-hydrogen) atoms. The number of aromatic nitrogens is 1. The lowest BCUT2D eigenvalue weighted by Crippen LogP contribution is -2.59. The van der Waals surface area contributed by atoms with Crippen molar-refractivity contribution in [1.29, 1.82) is 0 Å². The maximum absolute atomic E-state index is 6.48. The van der Waals surface area contributed by atoms with Crippen LogP contribution in [0.25, 0.3) is 32.9 Å². The molecule has 0 N–H and O–H groups in total. The lowest BCUT2D eigenvalue weighted by Gasteiger charge is -2.37. The fourth-order valence-corrected chi connectivity index (χ4v) is 5.94. The first kappa shape index (κ1) is 18.5. The molecule has 0 aliphatic carbocycles. The maximum Gasteiger partial charge on any atom is 0.270 e. The molecule has 9 rings (SSSR count). The third-order valence-corrected chi connectivity index (χ3v) is 7.53. The smallest absolute Gasteiger partial charge is 0.270 e. The molecule has 166 valence electrons. The molecule has 0 atom stereocenters. The molecule has 4 heterocycles. The zero-order valence-corrected chi connectivity index (χ0v) is 19.0. The zero-order chi connectivity index (χ0) is 23.4. The van der Waals surface area contributed by atoms with E-state index in [4.69, 9.17) is 19.2 Å². The van der Waals surface area contributed by atoms with Gasteiger partial charge in [-0.2, -0.15) is 0 Å². The number of hydrogen-bond donors (Lipinski definition) is 0. The van der Waals surface area contributed by atoms with Crippen molar-refractivity contribution in [3.05, 3.63) is 97.1 Å². The second kappa shape index (κ2) is 6.46. The fraction of sp³-hybridized carbons (Fsp3) is 0. The average Bonchev–Trinajstić information content (AvgIpc) is 2.91. The minimum absolute atomic E-state index is 0.0323. The lowest BCUT2D eigenvalue weighted by atomic mass is 9.34. The quantitative estimate of drug-likeness (QED) is 0.226. The van der Waals surface area contributed by atoms with Gasteiger partial charge >= 0.3 is 0 Å². The number of nitrogens with zero attached hydrogens (tertiary/aromatic N) is 1. The molecule has 5 heteroatoms. The SMILES string of the molecule is c1cc2c3c(c1)Oc1cc(-c4ccc5nc6ccccc6cc5c4)cc4c1B3c1c(cccc1O4)O2. The van der Waals surface area contributed by atoms with E-state index in [0.717, 1.165) is 83.8 Å². The van der Waals surface area contributed by atoms with Crippen molar-refractivity contribution in [1.82, 2.24) is 4.98 Å². The van der Waals surface area contributed by atoms with Gasteiger partial charge in [0.2, 0.25) is 0 Å². The number of hydrogen-bond acceptors (Lipinski definition) is 4. The van der Waals surface area contributed by atoms with Gasteiger partial charge in [-0.05, 0) is 71.8 Å². The van der Waals surface area contributed by atoms with Gasteiger partial charge in [0.15, 0.2) is 0 Å². The molecule has 0 spiro atoms. The van der Waals surface area contributed by atoms with Crippen LogP contribution in [-0.2, 0) is 0 Å². The van der Waals surface area contributed by atoms with Gasteiger partial charge in [-0.25, -0.2) is 4.98 Å². The molecule has 0 unspecified atom stereocenters. The first-order valence-electron chi connectivity index (χ1n) is 12.1. The minimum atomic E-state index is 0.0323. The summed E-state index contributed by atoms with van der Waals surface area (Å²) >= 11 is 0. The van der Waals surface area contributed by atoms with E-state index in [-0.39, 0.29) is 6.71 Å². The Bertz CT molecular complexity index is 1870. The molecule has 5 aromatic carbocycles. The molecule has 0 saturated carbocycles. The molecule has 1 aromatic heterocycles. The topological polar surface area (TPSA) is 40.6 Å². The van der Waals surface area contributed by atoms with E-state index in [1.807, 2.05) is 48.5 Å². The van der Waals surface area contributed by atoms with Crippen molar-refractivity contribution < 1.29 is 14.2 Å². The van der Waals surface area contributed by atoms with Crippen molar-refractivity contribution in [3.8, 4) is 45.6 Å². The monoisotopic (exact) mass is 461 g/mol. The molecule has 0 bridgehead atoms. The van der Waals surface area contributed by atoms with Crippen LogP contribution in [0.3, 0.4) is 0 Å². The summed E-state index contributed by atoms with van der Waals surface area (Å²) in [6.45, 7) is 0.0323. The Morgan fingerprint density at radius 3 is 1.72 bits per heavy atom. The van der Waals surface area contributed by atoms with Crippen molar-refractivity contribution in [3.63, 3.8) is 0 Å². The highest BCUT2D eigenvalue weighted by Crippen LogP contribution is 2.43. The van der Waals surface area contributed by atoms with Crippen molar-refractivity contribution >= 4 is 44.9 Å². The van der Waals surface area contributed by atoms with Gasteiger partial charge in [-0.15, -0.1) is 0 Å². The molecule has 0 fully saturated rings. The average molecular weight is 461 g/mol. The van der Waals surface area contributed by atoms with E-state index in [0.29, 0.717) is 0 Å². The van der Waals surface area contributed by atoms with Gasteiger partial charge in [-0.1, -0.05) is 36.4 Å². The molecule has 4 nitrogen and oxygen atoms in total. The Labute approximate surface area is 206 Å². The summed E-state index contributed by atoms with van der Waals surface area (Å²) in [5, 5.41) is 2.24. The normalized spacial score (nSPS) is 13.6. The van der Waals surface area contributed by atoms with Gasteiger partial charge < -0.3 is 14.2 Å². The molecule has 3 aliphatic rings. The molecular formula is C31H16BNO3. The van der Waals surface area contributed by atoms with Crippen LogP contribution in [0.2, 0.25) is 0 Å². The Balaban J connectivity index is 1.27. The van der Waals surface area contributed by atoms with Gasteiger partial charge in [0.25, 0.3) is 6.71 Å². The fourth-order valence-electron chi connectivity index (χ4n) is 5.94. The van der Waals surface area contributed by atoms with Gasteiger partial charge in [0.05, 0.1) is 11.0 Å². The molecule has 0 amide bonds. The van der Waals surface area contributed by atoms with Gasteiger partial charge in [0.1, 0.15) is 34.5 Å².